The second-order valence-corrected chi connectivity index (χ2v) is 5.62. The third-order valence-corrected chi connectivity index (χ3v) is 3.83. The maximum absolute atomic E-state index is 12.8. The van der Waals surface area contributed by atoms with E-state index in [-0.39, 0.29) is 24.6 Å². The van der Waals surface area contributed by atoms with Crippen LogP contribution in [0, 0.1) is 0 Å². The minimum absolute atomic E-state index is 0.161. The summed E-state index contributed by atoms with van der Waals surface area (Å²) in [5, 5.41) is 9.01. The van der Waals surface area contributed by atoms with Crippen LogP contribution in [0.4, 0.5) is 0 Å². The van der Waals surface area contributed by atoms with Gasteiger partial charge in [-0.1, -0.05) is 18.2 Å². The second-order valence-electron chi connectivity index (χ2n) is 5.62. The lowest BCUT2D eigenvalue weighted by molar-refractivity contribution is -0.139. The highest BCUT2D eigenvalue weighted by Crippen LogP contribution is 2.22. The smallest absolute Gasteiger partial charge is 0.305 e. The number of amides is 1. The van der Waals surface area contributed by atoms with Gasteiger partial charge in [0.2, 0.25) is 0 Å². The topological polar surface area (TPSA) is 89.0 Å². The Morgan fingerprint density at radius 2 is 2.04 bits per heavy atom. The van der Waals surface area contributed by atoms with Crippen LogP contribution >= 0.6 is 0 Å². The van der Waals surface area contributed by atoms with Gasteiger partial charge in [-0.15, -0.1) is 0 Å². The van der Waals surface area contributed by atoms with Crippen LogP contribution in [-0.2, 0) is 9.53 Å². The molecule has 0 radical (unpaired) electrons. The first-order valence-corrected chi connectivity index (χ1v) is 7.93. The third-order valence-electron chi connectivity index (χ3n) is 3.83. The van der Waals surface area contributed by atoms with Crippen molar-refractivity contribution in [2.75, 3.05) is 19.8 Å². The van der Waals surface area contributed by atoms with Crippen LogP contribution in [0.1, 0.15) is 16.9 Å². The number of ether oxygens (including phenoxy) is 2. The second kappa shape index (κ2) is 7.76. The van der Waals surface area contributed by atoms with Crippen molar-refractivity contribution < 1.29 is 24.2 Å². The van der Waals surface area contributed by atoms with Gasteiger partial charge in [0.1, 0.15) is 17.2 Å². The average molecular weight is 342 g/mol. The number of pyridine rings is 1. The third kappa shape index (κ3) is 4.33. The fourth-order valence-electron chi connectivity index (χ4n) is 2.66. The van der Waals surface area contributed by atoms with Crippen LogP contribution in [-0.4, -0.2) is 52.7 Å². The summed E-state index contributed by atoms with van der Waals surface area (Å²) >= 11 is 0. The first-order valence-electron chi connectivity index (χ1n) is 7.93. The van der Waals surface area contributed by atoms with Crippen molar-refractivity contribution in [3.05, 3.63) is 54.4 Å². The predicted molar refractivity (Wildman–Crippen MR) is 88.6 cm³/mol. The molecule has 1 atom stereocenters. The number of rotatable bonds is 5. The Balaban J connectivity index is 1.77. The molecular weight excluding hydrogens is 324 g/mol. The normalized spacial score (nSPS) is 17.1. The molecule has 0 bridgehead atoms. The molecule has 1 amide bonds. The van der Waals surface area contributed by atoms with E-state index >= 15 is 0 Å². The Morgan fingerprint density at radius 1 is 1.24 bits per heavy atom. The van der Waals surface area contributed by atoms with Gasteiger partial charge in [0.25, 0.3) is 5.91 Å². The number of carbonyl (C=O) groups is 2. The zero-order valence-corrected chi connectivity index (χ0v) is 13.5. The lowest BCUT2D eigenvalue weighted by Crippen LogP contribution is -2.49. The van der Waals surface area contributed by atoms with Crippen molar-refractivity contribution in [1.82, 2.24) is 9.88 Å². The molecule has 1 aromatic carbocycles. The molecule has 25 heavy (non-hydrogen) atoms. The largest absolute Gasteiger partial charge is 0.481 e. The standard InChI is InChI=1S/C18H18N2O5/c21-17(22)10-13-12-24-9-8-20(13)18(23)16-11-15(6-7-19-16)25-14-4-2-1-3-5-14/h1-7,11,13H,8-10,12H2,(H,21,22). The summed E-state index contributed by atoms with van der Waals surface area (Å²) in [6, 6.07) is 11.9. The van der Waals surface area contributed by atoms with E-state index in [4.69, 9.17) is 14.6 Å². The number of carboxylic acid groups (broad SMARTS) is 1. The summed E-state index contributed by atoms with van der Waals surface area (Å²) in [7, 11) is 0. The fraction of sp³-hybridized carbons (Fsp3) is 0.278. The van der Waals surface area contributed by atoms with E-state index in [9.17, 15) is 9.59 Å². The van der Waals surface area contributed by atoms with E-state index < -0.39 is 12.0 Å². The highest BCUT2D eigenvalue weighted by Gasteiger charge is 2.30. The Bertz CT molecular complexity index is 750. The number of morpholine rings is 1. The van der Waals surface area contributed by atoms with Crippen LogP contribution in [0.15, 0.2) is 48.7 Å². The van der Waals surface area contributed by atoms with E-state index in [1.54, 1.807) is 12.1 Å². The SMILES string of the molecule is O=C(O)CC1COCCN1C(=O)c1cc(Oc2ccccc2)ccn1. The minimum Gasteiger partial charge on any atom is -0.481 e. The molecule has 1 aliphatic heterocycles. The maximum atomic E-state index is 12.8. The van der Waals surface area contributed by atoms with Gasteiger partial charge < -0.3 is 19.5 Å². The van der Waals surface area contributed by atoms with Crippen LogP contribution in [0.3, 0.4) is 0 Å². The highest BCUT2D eigenvalue weighted by atomic mass is 16.5. The van der Waals surface area contributed by atoms with E-state index in [0.29, 0.717) is 24.7 Å². The number of carbonyl (C=O) groups excluding carboxylic acids is 1. The van der Waals surface area contributed by atoms with E-state index in [1.165, 1.54) is 11.1 Å². The van der Waals surface area contributed by atoms with Crippen molar-refractivity contribution in [2.24, 2.45) is 0 Å². The molecule has 0 saturated carbocycles. The van der Waals surface area contributed by atoms with Gasteiger partial charge in [-0.3, -0.25) is 14.6 Å². The fourth-order valence-corrected chi connectivity index (χ4v) is 2.66. The molecule has 2 heterocycles. The number of benzene rings is 1. The molecule has 3 rings (SSSR count). The zero-order chi connectivity index (χ0) is 17.6. The van der Waals surface area contributed by atoms with Crippen LogP contribution in [0.2, 0.25) is 0 Å². The van der Waals surface area contributed by atoms with Gasteiger partial charge in [0.05, 0.1) is 25.7 Å². The van der Waals surface area contributed by atoms with Crippen molar-refractivity contribution in [2.45, 2.75) is 12.5 Å². The van der Waals surface area contributed by atoms with Crippen molar-refractivity contribution in [1.29, 1.82) is 0 Å². The number of para-hydroxylation sites is 1. The lowest BCUT2D eigenvalue weighted by Gasteiger charge is -2.34. The summed E-state index contributed by atoms with van der Waals surface area (Å²) in [5.74, 6) is -0.148. The molecule has 0 aliphatic carbocycles. The summed E-state index contributed by atoms with van der Waals surface area (Å²) in [6.45, 7) is 0.919. The molecule has 1 fully saturated rings. The van der Waals surface area contributed by atoms with Gasteiger partial charge in [-0.2, -0.15) is 0 Å². The molecule has 7 heteroatoms. The number of carboxylic acids is 1. The molecule has 1 aromatic heterocycles. The van der Waals surface area contributed by atoms with Gasteiger partial charge in [0.15, 0.2) is 0 Å². The summed E-state index contributed by atoms with van der Waals surface area (Å²) < 4.78 is 11.0. The number of hydrogen-bond donors (Lipinski definition) is 1. The first-order chi connectivity index (χ1) is 12.1. The van der Waals surface area contributed by atoms with Gasteiger partial charge in [-0.25, -0.2) is 0 Å². The molecule has 7 nitrogen and oxygen atoms in total. The van der Waals surface area contributed by atoms with E-state index in [0.717, 1.165) is 0 Å². The number of nitrogens with zero attached hydrogens (tertiary/aromatic N) is 2. The van der Waals surface area contributed by atoms with Gasteiger partial charge in [-0.05, 0) is 18.2 Å². The molecule has 1 saturated heterocycles. The molecule has 1 aliphatic rings. The van der Waals surface area contributed by atoms with Crippen LogP contribution < -0.4 is 4.74 Å². The average Bonchev–Trinajstić information content (AvgIpc) is 2.62. The first kappa shape index (κ1) is 16.9. The maximum Gasteiger partial charge on any atom is 0.305 e. The molecule has 130 valence electrons. The molecule has 1 N–H and O–H groups in total. The van der Waals surface area contributed by atoms with Crippen molar-refractivity contribution in [3.8, 4) is 11.5 Å². The Morgan fingerprint density at radius 3 is 2.80 bits per heavy atom. The van der Waals surface area contributed by atoms with E-state index in [2.05, 4.69) is 4.98 Å². The lowest BCUT2D eigenvalue weighted by atomic mass is 10.1. The summed E-state index contributed by atoms with van der Waals surface area (Å²) in [4.78, 5) is 29.4. The number of hydrogen-bond acceptors (Lipinski definition) is 5. The summed E-state index contributed by atoms with van der Waals surface area (Å²) in [5.41, 5.74) is 0.214. The van der Waals surface area contributed by atoms with Crippen molar-refractivity contribution >= 4 is 11.9 Å². The zero-order valence-electron chi connectivity index (χ0n) is 13.5. The molecule has 0 spiro atoms. The van der Waals surface area contributed by atoms with Crippen LogP contribution in [0.25, 0.3) is 0 Å². The Hall–Kier alpha value is -2.93. The quantitative estimate of drug-likeness (QED) is 0.896. The van der Waals surface area contributed by atoms with Gasteiger partial charge in [0, 0.05) is 18.8 Å². The molecule has 1 unspecified atom stereocenters. The van der Waals surface area contributed by atoms with Crippen molar-refractivity contribution in [3.63, 3.8) is 0 Å². The number of aromatic nitrogens is 1. The molecule has 2 aromatic rings. The molecular formula is C18H18N2O5. The Kier molecular flexibility index (Phi) is 5.25. The van der Waals surface area contributed by atoms with E-state index in [1.807, 2.05) is 30.3 Å². The minimum atomic E-state index is -0.970. The monoisotopic (exact) mass is 342 g/mol. The summed E-state index contributed by atoms with van der Waals surface area (Å²) in [6.07, 6.45) is 1.34. The van der Waals surface area contributed by atoms with Crippen LogP contribution in [0.5, 0.6) is 11.5 Å². The predicted octanol–water partition coefficient (Wildman–Crippen LogP) is 2.19. The van der Waals surface area contributed by atoms with Gasteiger partial charge >= 0.3 is 5.97 Å². The highest BCUT2D eigenvalue weighted by molar-refractivity contribution is 5.93. The number of aliphatic carboxylic acids is 1. The Labute approximate surface area is 144 Å².